The van der Waals surface area contributed by atoms with E-state index >= 15 is 0 Å². The number of nitrogens with one attached hydrogen (secondary N) is 1. The van der Waals surface area contributed by atoms with Gasteiger partial charge in [0.25, 0.3) is 0 Å². The van der Waals surface area contributed by atoms with E-state index in [9.17, 15) is 0 Å². The monoisotopic (exact) mass is 232 g/mol. The third-order valence-electron chi connectivity index (χ3n) is 2.95. The van der Waals surface area contributed by atoms with Gasteiger partial charge in [-0.15, -0.1) is 11.3 Å². The minimum atomic E-state index is 0.0971. The van der Waals surface area contributed by atoms with Crippen LogP contribution in [0.5, 0.6) is 0 Å². The number of nitrogens with two attached hydrogens (primary N) is 1. The Bertz CT molecular complexity index is 463. The van der Waals surface area contributed by atoms with Crippen molar-refractivity contribution in [1.82, 2.24) is 5.43 Å². The van der Waals surface area contributed by atoms with Gasteiger partial charge in [0.05, 0.1) is 6.04 Å². The summed E-state index contributed by atoms with van der Waals surface area (Å²) >= 11 is 1.72. The lowest BCUT2D eigenvalue weighted by atomic mass is 9.97. The van der Waals surface area contributed by atoms with Crippen LogP contribution in [-0.4, -0.2) is 0 Å². The number of benzene rings is 1. The van der Waals surface area contributed by atoms with Crippen LogP contribution < -0.4 is 11.3 Å². The van der Waals surface area contributed by atoms with Gasteiger partial charge in [-0.05, 0) is 42.0 Å². The predicted octanol–water partition coefficient (Wildman–Crippen LogP) is 2.92. The first-order valence-corrected chi connectivity index (χ1v) is 6.17. The molecule has 0 fully saturated rings. The van der Waals surface area contributed by atoms with Gasteiger partial charge in [-0.25, -0.2) is 5.43 Å². The van der Waals surface area contributed by atoms with Crippen molar-refractivity contribution in [3.8, 4) is 0 Å². The molecule has 0 saturated heterocycles. The minimum absolute atomic E-state index is 0.0971. The van der Waals surface area contributed by atoms with Crippen molar-refractivity contribution in [2.75, 3.05) is 0 Å². The molecule has 3 heteroatoms. The van der Waals surface area contributed by atoms with Gasteiger partial charge in [-0.3, -0.25) is 5.84 Å². The molecule has 0 bridgehead atoms. The van der Waals surface area contributed by atoms with Crippen LogP contribution in [0.25, 0.3) is 0 Å². The summed E-state index contributed by atoms with van der Waals surface area (Å²) in [5.74, 6) is 5.67. The molecule has 16 heavy (non-hydrogen) atoms. The van der Waals surface area contributed by atoms with Crippen LogP contribution in [0.3, 0.4) is 0 Å². The van der Waals surface area contributed by atoms with Gasteiger partial charge in [-0.1, -0.05) is 24.3 Å². The molecule has 0 aliphatic heterocycles. The quantitative estimate of drug-likeness (QED) is 0.631. The van der Waals surface area contributed by atoms with E-state index in [0.717, 1.165) is 0 Å². The Labute approximate surface area is 100 Å². The number of hydrogen-bond donors (Lipinski definition) is 2. The number of hydrogen-bond acceptors (Lipinski definition) is 3. The highest BCUT2D eigenvalue weighted by atomic mass is 32.1. The van der Waals surface area contributed by atoms with Crippen LogP contribution in [0, 0.1) is 13.8 Å². The highest BCUT2D eigenvalue weighted by Gasteiger charge is 2.15. The van der Waals surface area contributed by atoms with Crippen molar-refractivity contribution in [2.45, 2.75) is 19.9 Å². The maximum atomic E-state index is 5.67. The van der Waals surface area contributed by atoms with E-state index in [0.29, 0.717) is 0 Å². The molecule has 1 atom stereocenters. The molecular weight excluding hydrogens is 216 g/mol. The van der Waals surface area contributed by atoms with E-state index in [-0.39, 0.29) is 6.04 Å². The van der Waals surface area contributed by atoms with E-state index in [2.05, 4.69) is 55.0 Å². The van der Waals surface area contributed by atoms with Crippen molar-refractivity contribution in [3.63, 3.8) is 0 Å². The van der Waals surface area contributed by atoms with E-state index in [1.807, 2.05) is 0 Å². The Morgan fingerprint density at radius 2 is 2.00 bits per heavy atom. The smallest absolute Gasteiger partial charge is 0.0805 e. The summed E-state index contributed by atoms with van der Waals surface area (Å²) in [6, 6.07) is 10.6. The fraction of sp³-hybridized carbons (Fsp3) is 0.231. The van der Waals surface area contributed by atoms with Crippen LogP contribution in [0.4, 0.5) is 0 Å². The first kappa shape index (κ1) is 11.3. The topological polar surface area (TPSA) is 38.0 Å². The molecule has 3 N–H and O–H groups in total. The van der Waals surface area contributed by atoms with Crippen molar-refractivity contribution < 1.29 is 0 Å². The van der Waals surface area contributed by atoms with Crippen LogP contribution in [-0.2, 0) is 0 Å². The summed E-state index contributed by atoms with van der Waals surface area (Å²) in [5, 5.41) is 2.07. The van der Waals surface area contributed by atoms with E-state index in [4.69, 9.17) is 5.84 Å². The SMILES string of the molecule is Cc1cccc(C(NN)c2cccs2)c1C. The Balaban J connectivity index is 2.45. The van der Waals surface area contributed by atoms with Gasteiger partial charge in [0.2, 0.25) is 0 Å². The van der Waals surface area contributed by atoms with Crippen LogP contribution in [0.2, 0.25) is 0 Å². The summed E-state index contributed by atoms with van der Waals surface area (Å²) in [5.41, 5.74) is 6.76. The first-order valence-electron chi connectivity index (χ1n) is 5.29. The normalized spacial score (nSPS) is 12.7. The van der Waals surface area contributed by atoms with E-state index in [1.54, 1.807) is 11.3 Å². The zero-order valence-electron chi connectivity index (χ0n) is 9.53. The molecule has 0 radical (unpaired) electrons. The number of aryl methyl sites for hydroxylation is 1. The van der Waals surface area contributed by atoms with Gasteiger partial charge >= 0.3 is 0 Å². The summed E-state index contributed by atoms with van der Waals surface area (Å²) in [7, 11) is 0. The average Bonchev–Trinajstić information content (AvgIpc) is 2.79. The molecule has 0 aliphatic rings. The molecule has 0 spiro atoms. The van der Waals surface area contributed by atoms with Gasteiger partial charge in [-0.2, -0.15) is 0 Å². The molecular formula is C13H16N2S. The third-order valence-corrected chi connectivity index (χ3v) is 3.89. The highest BCUT2D eigenvalue weighted by molar-refractivity contribution is 7.10. The molecule has 1 aromatic heterocycles. The van der Waals surface area contributed by atoms with Gasteiger partial charge in [0, 0.05) is 4.88 Å². The molecule has 0 aliphatic carbocycles. The zero-order valence-corrected chi connectivity index (χ0v) is 10.3. The average molecular weight is 232 g/mol. The lowest BCUT2D eigenvalue weighted by molar-refractivity contribution is 0.642. The summed E-state index contributed by atoms with van der Waals surface area (Å²) < 4.78 is 0. The minimum Gasteiger partial charge on any atom is -0.271 e. The van der Waals surface area contributed by atoms with Crippen LogP contribution >= 0.6 is 11.3 Å². The summed E-state index contributed by atoms with van der Waals surface area (Å²) in [6.07, 6.45) is 0. The molecule has 2 nitrogen and oxygen atoms in total. The Kier molecular flexibility index (Phi) is 3.39. The molecule has 2 aromatic rings. The second-order valence-corrected chi connectivity index (χ2v) is 4.88. The van der Waals surface area contributed by atoms with E-state index < -0.39 is 0 Å². The zero-order chi connectivity index (χ0) is 11.5. The van der Waals surface area contributed by atoms with Gasteiger partial charge in [0.1, 0.15) is 0 Å². The summed E-state index contributed by atoms with van der Waals surface area (Å²) in [6.45, 7) is 4.27. The molecule has 0 saturated carbocycles. The lowest BCUT2D eigenvalue weighted by Crippen LogP contribution is -2.28. The molecule has 0 amide bonds. The van der Waals surface area contributed by atoms with Gasteiger partial charge < -0.3 is 0 Å². The maximum absolute atomic E-state index is 5.67. The van der Waals surface area contributed by atoms with Crippen molar-refractivity contribution >= 4 is 11.3 Å². The van der Waals surface area contributed by atoms with Crippen molar-refractivity contribution in [2.24, 2.45) is 5.84 Å². The Hall–Kier alpha value is -1.16. The van der Waals surface area contributed by atoms with Crippen molar-refractivity contribution in [1.29, 1.82) is 0 Å². The molecule has 2 rings (SSSR count). The molecule has 1 aromatic carbocycles. The number of hydrazine groups is 1. The number of rotatable bonds is 3. The second kappa shape index (κ2) is 4.78. The third kappa shape index (κ3) is 2.02. The van der Waals surface area contributed by atoms with Gasteiger partial charge in [0.15, 0.2) is 0 Å². The van der Waals surface area contributed by atoms with E-state index in [1.165, 1.54) is 21.6 Å². The first-order chi connectivity index (χ1) is 7.74. The predicted molar refractivity (Wildman–Crippen MR) is 69.4 cm³/mol. The van der Waals surface area contributed by atoms with Crippen LogP contribution in [0.1, 0.15) is 27.6 Å². The summed E-state index contributed by atoms with van der Waals surface area (Å²) in [4.78, 5) is 1.25. The van der Waals surface area contributed by atoms with Crippen molar-refractivity contribution in [3.05, 3.63) is 57.3 Å². The standard InChI is InChI=1S/C13H16N2S/c1-9-5-3-6-11(10(9)2)13(15-14)12-7-4-8-16-12/h3-8,13,15H,14H2,1-2H3. The fourth-order valence-corrected chi connectivity index (χ4v) is 2.67. The maximum Gasteiger partial charge on any atom is 0.0805 e. The lowest BCUT2D eigenvalue weighted by Gasteiger charge is -2.18. The molecule has 84 valence electrons. The molecule has 1 unspecified atom stereocenters. The highest BCUT2D eigenvalue weighted by Crippen LogP contribution is 2.28. The number of thiophene rings is 1. The fourth-order valence-electron chi connectivity index (χ4n) is 1.87. The largest absolute Gasteiger partial charge is 0.271 e. The molecule has 1 heterocycles. The Morgan fingerprint density at radius 3 is 2.62 bits per heavy atom. The Morgan fingerprint density at radius 1 is 1.19 bits per heavy atom. The second-order valence-electron chi connectivity index (χ2n) is 3.90. The van der Waals surface area contributed by atoms with Crippen LogP contribution in [0.15, 0.2) is 35.7 Å².